The number of amides is 1. The molecule has 0 saturated carbocycles. The van der Waals surface area contributed by atoms with Crippen LogP contribution in [0.2, 0.25) is 5.02 Å². The molecule has 0 aliphatic rings. The fourth-order valence-electron chi connectivity index (χ4n) is 2.60. The molecule has 3 aromatic rings. The van der Waals surface area contributed by atoms with Crippen LogP contribution >= 0.6 is 11.6 Å². The van der Waals surface area contributed by atoms with Crippen LogP contribution in [0.25, 0.3) is 0 Å². The molecule has 0 aliphatic carbocycles. The fourth-order valence-corrected chi connectivity index (χ4v) is 2.76. The predicted molar refractivity (Wildman–Crippen MR) is 112 cm³/mol. The molecule has 0 fully saturated rings. The first kappa shape index (κ1) is 23.4. The molecular weight excluding hydrogens is 449 g/mol. The predicted octanol–water partition coefficient (Wildman–Crippen LogP) is 4.60. The van der Waals surface area contributed by atoms with Crippen LogP contribution in [0.3, 0.4) is 0 Å². The second kappa shape index (κ2) is 10.9. The van der Waals surface area contributed by atoms with Crippen LogP contribution in [0.1, 0.15) is 10.4 Å². The molecule has 6 nitrogen and oxygen atoms in total. The van der Waals surface area contributed by atoms with Crippen LogP contribution < -0.4 is 15.5 Å². The van der Waals surface area contributed by atoms with Gasteiger partial charge in [-0.1, -0.05) is 29.8 Å². The summed E-state index contributed by atoms with van der Waals surface area (Å²) in [5.41, 5.74) is 0.856. The maximum Gasteiger partial charge on any atom is 0.277 e. The van der Waals surface area contributed by atoms with Crippen molar-refractivity contribution in [2.75, 3.05) is 18.5 Å². The Labute approximate surface area is 186 Å². The average Bonchev–Trinajstić information content (AvgIpc) is 2.78. The van der Waals surface area contributed by atoms with Gasteiger partial charge >= 0.3 is 0 Å². The Kier molecular flexibility index (Phi) is 7.93. The van der Waals surface area contributed by atoms with E-state index in [1.165, 1.54) is 12.1 Å². The normalized spacial score (nSPS) is 11.7. The van der Waals surface area contributed by atoms with E-state index >= 15 is 0 Å². The van der Waals surface area contributed by atoms with Gasteiger partial charge in [-0.25, -0.2) is 18.7 Å². The van der Waals surface area contributed by atoms with Gasteiger partial charge in [0.2, 0.25) is 0 Å². The number of halogens is 4. The number of aliphatic hydroxyl groups excluding tert-OH is 1. The molecule has 1 atom stereocenters. The summed E-state index contributed by atoms with van der Waals surface area (Å²) in [6.45, 7) is -0.440. The third kappa shape index (κ3) is 6.13. The number of hydrogen-bond donors (Lipinski definition) is 3. The second-order valence-corrected chi connectivity index (χ2v) is 6.99. The van der Waals surface area contributed by atoms with Gasteiger partial charge in [0.15, 0.2) is 11.6 Å². The number of hydrogen-bond acceptors (Lipinski definition) is 5. The minimum absolute atomic E-state index is 0.103. The summed E-state index contributed by atoms with van der Waals surface area (Å²) in [5.74, 6) is -3.86. The summed E-state index contributed by atoms with van der Waals surface area (Å²) in [4.78, 5) is 17.4. The number of ether oxygens (including phenoxy) is 1. The summed E-state index contributed by atoms with van der Waals surface area (Å²) >= 11 is 5.69. The first-order valence-electron chi connectivity index (χ1n) is 9.33. The minimum Gasteiger partial charge on any atom is -0.491 e. The number of carbonyl (C=O) groups excluding carboxylic acids is 1. The van der Waals surface area contributed by atoms with Crippen molar-refractivity contribution >= 4 is 28.9 Å². The highest BCUT2D eigenvalue weighted by Gasteiger charge is 2.20. The van der Waals surface area contributed by atoms with Crippen molar-refractivity contribution in [1.29, 1.82) is 0 Å². The highest BCUT2D eigenvalue weighted by Crippen LogP contribution is 2.29. The van der Waals surface area contributed by atoms with E-state index in [4.69, 9.17) is 21.2 Å². The summed E-state index contributed by atoms with van der Waals surface area (Å²) in [7, 11) is 0. The first-order chi connectivity index (χ1) is 15.3. The lowest BCUT2D eigenvalue weighted by Crippen LogP contribution is -2.31. The zero-order chi connectivity index (χ0) is 23.1. The van der Waals surface area contributed by atoms with E-state index in [0.29, 0.717) is 5.75 Å². The van der Waals surface area contributed by atoms with Crippen LogP contribution in [-0.2, 0) is 4.84 Å². The number of anilines is 2. The SMILES string of the molecule is O=C(NOCC(O)COc1ccccc1)c1ccc(F)c(F)c1Nc1ccc(Cl)cc1F. The Hall–Kier alpha value is -3.27. The summed E-state index contributed by atoms with van der Waals surface area (Å²) in [6, 6.07) is 14.0. The monoisotopic (exact) mass is 466 g/mol. The van der Waals surface area contributed by atoms with Gasteiger partial charge in [0.25, 0.3) is 5.91 Å². The highest BCUT2D eigenvalue weighted by molar-refractivity contribution is 6.30. The number of carbonyl (C=O) groups is 1. The summed E-state index contributed by atoms with van der Waals surface area (Å²) in [5, 5.41) is 12.4. The zero-order valence-corrected chi connectivity index (χ0v) is 17.2. The standard InChI is InChI=1S/C22H18ClF3N2O4/c23-13-6-9-19(18(25)10-13)27-21-16(7-8-17(24)20(21)26)22(30)28-32-12-14(29)11-31-15-4-2-1-3-5-15/h1-10,14,27,29H,11-12H2,(H,28,30). The van der Waals surface area contributed by atoms with Gasteiger partial charge in [-0.15, -0.1) is 0 Å². The quantitative estimate of drug-likeness (QED) is 0.402. The largest absolute Gasteiger partial charge is 0.491 e. The third-order valence-electron chi connectivity index (χ3n) is 4.16. The van der Waals surface area contributed by atoms with E-state index in [-0.39, 0.29) is 29.5 Å². The van der Waals surface area contributed by atoms with Crippen molar-refractivity contribution < 1.29 is 32.6 Å². The molecule has 0 saturated heterocycles. The van der Waals surface area contributed by atoms with E-state index in [2.05, 4.69) is 5.32 Å². The Morgan fingerprint density at radius 2 is 1.75 bits per heavy atom. The van der Waals surface area contributed by atoms with Crippen molar-refractivity contribution in [1.82, 2.24) is 5.48 Å². The molecular formula is C22H18ClF3N2O4. The average molecular weight is 467 g/mol. The van der Waals surface area contributed by atoms with Gasteiger partial charge in [-0.3, -0.25) is 9.63 Å². The van der Waals surface area contributed by atoms with Crippen molar-refractivity contribution in [2.24, 2.45) is 0 Å². The van der Waals surface area contributed by atoms with Crippen LogP contribution in [-0.4, -0.2) is 30.3 Å². The molecule has 3 N–H and O–H groups in total. The van der Waals surface area contributed by atoms with Crippen LogP contribution in [0.15, 0.2) is 60.7 Å². The van der Waals surface area contributed by atoms with E-state index in [0.717, 1.165) is 18.2 Å². The van der Waals surface area contributed by atoms with Gasteiger partial charge < -0.3 is 15.2 Å². The van der Waals surface area contributed by atoms with E-state index in [1.54, 1.807) is 24.3 Å². The van der Waals surface area contributed by atoms with Crippen molar-refractivity contribution in [3.8, 4) is 5.75 Å². The molecule has 168 valence electrons. The zero-order valence-electron chi connectivity index (χ0n) is 16.4. The van der Waals surface area contributed by atoms with Gasteiger partial charge in [-0.05, 0) is 42.5 Å². The lowest BCUT2D eigenvalue weighted by Gasteiger charge is -2.15. The first-order valence-corrected chi connectivity index (χ1v) is 9.71. The Bertz CT molecular complexity index is 1090. The van der Waals surface area contributed by atoms with Gasteiger partial charge in [0.05, 0.1) is 16.9 Å². The highest BCUT2D eigenvalue weighted by atomic mass is 35.5. The summed E-state index contributed by atoms with van der Waals surface area (Å²) < 4.78 is 47.5. The molecule has 32 heavy (non-hydrogen) atoms. The smallest absolute Gasteiger partial charge is 0.277 e. The number of rotatable bonds is 9. The minimum atomic E-state index is -1.39. The van der Waals surface area contributed by atoms with E-state index in [1.807, 2.05) is 11.5 Å². The molecule has 1 amide bonds. The van der Waals surface area contributed by atoms with E-state index in [9.17, 15) is 23.1 Å². The maximum atomic E-state index is 14.4. The number of para-hydroxylation sites is 1. The third-order valence-corrected chi connectivity index (χ3v) is 4.39. The second-order valence-electron chi connectivity index (χ2n) is 6.55. The van der Waals surface area contributed by atoms with Crippen LogP contribution in [0.5, 0.6) is 5.75 Å². The molecule has 3 aromatic carbocycles. The van der Waals surface area contributed by atoms with E-state index < -0.39 is 35.2 Å². The number of nitrogens with one attached hydrogen (secondary N) is 2. The Morgan fingerprint density at radius 3 is 2.47 bits per heavy atom. The lowest BCUT2D eigenvalue weighted by molar-refractivity contribution is -0.0259. The maximum absolute atomic E-state index is 14.4. The van der Waals surface area contributed by atoms with Crippen molar-refractivity contribution in [3.63, 3.8) is 0 Å². The Balaban J connectivity index is 1.62. The lowest BCUT2D eigenvalue weighted by atomic mass is 10.1. The molecule has 0 bridgehead atoms. The van der Waals surface area contributed by atoms with Gasteiger partial charge in [0.1, 0.15) is 30.9 Å². The number of benzene rings is 3. The Morgan fingerprint density at radius 1 is 1.00 bits per heavy atom. The molecule has 0 aromatic heterocycles. The summed E-state index contributed by atoms with van der Waals surface area (Å²) in [6.07, 6.45) is -1.08. The van der Waals surface area contributed by atoms with Crippen molar-refractivity contribution in [2.45, 2.75) is 6.10 Å². The fraction of sp³-hybridized carbons (Fsp3) is 0.136. The molecule has 0 spiro atoms. The molecule has 0 heterocycles. The molecule has 10 heteroatoms. The number of hydroxylamine groups is 1. The molecule has 1 unspecified atom stereocenters. The molecule has 0 aliphatic heterocycles. The van der Waals surface area contributed by atoms with Crippen LogP contribution in [0, 0.1) is 17.5 Å². The number of aliphatic hydroxyl groups is 1. The van der Waals surface area contributed by atoms with Gasteiger partial charge in [0, 0.05) is 5.02 Å². The molecule has 3 rings (SSSR count). The topological polar surface area (TPSA) is 79.8 Å². The molecule has 0 radical (unpaired) electrons. The van der Waals surface area contributed by atoms with Crippen molar-refractivity contribution in [3.05, 3.63) is 88.7 Å². The van der Waals surface area contributed by atoms with Crippen LogP contribution in [0.4, 0.5) is 24.5 Å². The van der Waals surface area contributed by atoms with Gasteiger partial charge in [-0.2, -0.15) is 0 Å².